The van der Waals surface area contributed by atoms with Gasteiger partial charge >= 0.3 is 0 Å². The second-order valence-electron chi connectivity index (χ2n) is 7.14. The molecule has 4 rings (SSSR count). The summed E-state index contributed by atoms with van der Waals surface area (Å²) in [5.41, 5.74) is 1.63. The average Bonchev–Trinajstić information content (AvgIpc) is 3.30. The molecule has 1 atom stereocenters. The third-order valence-electron chi connectivity index (χ3n) is 5.29. The van der Waals surface area contributed by atoms with E-state index in [2.05, 4.69) is 20.3 Å². The quantitative estimate of drug-likeness (QED) is 0.858. The van der Waals surface area contributed by atoms with Crippen molar-refractivity contribution in [3.63, 3.8) is 0 Å². The number of likely N-dealkylation sites (tertiary alicyclic amines) is 1. The van der Waals surface area contributed by atoms with Gasteiger partial charge < -0.3 is 14.4 Å². The van der Waals surface area contributed by atoms with Crippen molar-refractivity contribution in [3.05, 3.63) is 35.8 Å². The van der Waals surface area contributed by atoms with Gasteiger partial charge in [-0.15, -0.1) is 0 Å². The predicted octanol–water partition coefficient (Wildman–Crippen LogP) is 2.63. The summed E-state index contributed by atoms with van der Waals surface area (Å²) in [6.45, 7) is 5.28. The molecule has 26 heavy (non-hydrogen) atoms. The second-order valence-corrected chi connectivity index (χ2v) is 7.14. The minimum Gasteiger partial charge on any atom is -0.381 e. The van der Waals surface area contributed by atoms with Gasteiger partial charge in [-0.1, -0.05) is 12.1 Å². The monoisotopic (exact) mass is 360 g/mol. The number of ether oxygens (including phenoxy) is 2. The molecule has 140 valence electrons. The summed E-state index contributed by atoms with van der Waals surface area (Å²) in [4.78, 5) is 2.49. The molecule has 0 radical (unpaired) electrons. The molecule has 1 aromatic carbocycles. The molecule has 0 amide bonds. The van der Waals surface area contributed by atoms with E-state index in [1.807, 2.05) is 0 Å². The maximum absolute atomic E-state index is 14.0. The molecule has 7 heteroatoms. The smallest absolute Gasteiger partial charge is 0.132 e. The highest BCUT2D eigenvalue weighted by atomic mass is 19.1. The van der Waals surface area contributed by atoms with Crippen molar-refractivity contribution in [2.45, 2.75) is 32.0 Å². The third kappa shape index (κ3) is 4.11. The molecule has 0 saturated carbocycles. The van der Waals surface area contributed by atoms with Crippen molar-refractivity contribution in [1.82, 2.24) is 20.3 Å². The largest absolute Gasteiger partial charge is 0.381 e. The molecule has 0 bridgehead atoms. The van der Waals surface area contributed by atoms with E-state index in [1.165, 1.54) is 6.07 Å². The van der Waals surface area contributed by atoms with Crippen LogP contribution in [0.3, 0.4) is 0 Å². The highest BCUT2D eigenvalue weighted by Gasteiger charge is 2.26. The number of nitrogens with zero attached hydrogens (tertiary/aromatic N) is 3. The second kappa shape index (κ2) is 8.24. The first-order valence-electron chi connectivity index (χ1n) is 9.36. The lowest BCUT2D eigenvalue weighted by atomic mass is 10.00. The Bertz CT molecular complexity index is 717. The first-order valence-corrected chi connectivity index (χ1v) is 9.36. The molecule has 1 N–H and O–H groups in total. The van der Waals surface area contributed by atoms with Crippen LogP contribution >= 0.6 is 0 Å². The van der Waals surface area contributed by atoms with E-state index in [9.17, 15) is 4.39 Å². The summed E-state index contributed by atoms with van der Waals surface area (Å²) in [7, 11) is 0. The number of hydrogen-bond donors (Lipinski definition) is 1. The van der Waals surface area contributed by atoms with E-state index < -0.39 is 0 Å². The van der Waals surface area contributed by atoms with Crippen LogP contribution in [-0.2, 0) is 16.1 Å². The van der Waals surface area contributed by atoms with Crippen molar-refractivity contribution >= 4 is 0 Å². The standard InChI is InChI=1S/C19H25FN4O2/c20-17-4-2-1-3-16(17)19-18(21-23-22-19)13-26-15-5-8-24(12-15)11-14-6-9-25-10-7-14/h1-4,14-15H,5-13H2,(H,21,22,23). The molecule has 0 aliphatic carbocycles. The fourth-order valence-electron chi connectivity index (χ4n) is 3.81. The van der Waals surface area contributed by atoms with Gasteiger partial charge in [0.2, 0.25) is 0 Å². The molecule has 3 heterocycles. The first-order chi connectivity index (χ1) is 12.8. The van der Waals surface area contributed by atoms with Crippen LogP contribution in [0.25, 0.3) is 11.3 Å². The molecule has 1 aromatic heterocycles. The number of aromatic nitrogens is 3. The number of rotatable bonds is 6. The predicted molar refractivity (Wildman–Crippen MR) is 95.0 cm³/mol. The third-order valence-corrected chi connectivity index (χ3v) is 5.29. The molecule has 2 aliphatic heterocycles. The topological polar surface area (TPSA) is 63.3 Å². The fourth-order valence-corrected chi connectivity index (χ4v) is 3.81. The first kappa shape index (κ1) is 17.6. The van der Waals surface area contributed by atoms with Gasteiger partial charge in [0.15, 0.2) is 0 Å². The van der Waals surface area contributed by atoms with Gasteiger partial charge in [-0.2, -0.15) is 15.4 Å². The van der Waals surface area contributed by atoms with Crippen molar-refractivity contribution < 1.29 is 13.9 Å². The van der Waals surface area contributed by atoms with E-state index >= 15 is 0 Å². The van der Waals surface area contributed by atoms with Crippen molar-refractivity contribution in [3.8, 4) is 11.3 Å². The maximum Gasteiger partial charge on any atom is 0.132 e. The number of H-pyrrole nitrogens is 1. The summed E-state index contributed by atoms with van der Waals surface area (Å²) >= 11 is 0. The van der Waals surface area contributed by atoms with Gasteiger partial charge in [-0.05, 0) is 37.3 Å². The maximum atomic E-state index is 14.0. The molecule has 2 saturated heterocycles. The van der Waals surface area contributed by atoms with Crippen LogP contribution in [0.4, 0.5) is 4.39 Å². The summed E-state index contributed by atoms with van der Waals surface area (Å²) in [6, 6.07) is 6.60. The molecule has 0 spiro atoms. The van der Waals surface area contributed by atoms with Gasteiger partial charge in [0, 0.05) is 38.4 Å². The minimum atomic E-state index is -0.300. The van der Waals surface area contributed by atoms with E-state index in [0.29, 0.717) is 23.6 Å². The number of benzene rings is 1. The van der Waals surface area contributed by atoms with E-state index in [0.717, 1.165) is 58.0 Å². The Morgan fingerprint density at radius 2 is 2.04 bits per heavy atom. The van der Waals surface area contributed by atoms with Crippen molar-refractivity contribution in [2.24, 2.45) is 5.92 Å². The Morgan fingerprint density at radius 3 is 2.88 bits per heavy atom. The van der Waals surface area contributed by atoms with Crippen LogP contribution in [-0.4, -0.2) is 59.3 Å². The number of aromatic amines is 1. The lowest BCUT2D eigenvalue weighted by Gasteiger charge is -2.26. The Morgan fingerprint density at radius 1 is 1.19 bits per heavy atom. The molecule has 2 fully saturated rings. The van der Waals surface area contributed by atoms with Crippen LogP contribution in [0, 0.1) is 11.7 Å². The van der Waals surface area contributed by atoms with Gasteiger partial charge in [0.1, 0.15) is 17.2 Å². The number of halogens is 1. The summed E-state index contributed by atoms with van der Waals surface area (Å²) in [5, 5.41) is 10.9. The average molecular weight is 360 g/mol. The van der Waals surface area contributed by atoms with Gasteiger partial charge in [-0.25, -0.2) is 4.39 Å². The fraction of sp³-hybridized carbons (Fsp3) is 0.579. The summed E-state index contributed by atoms with van der Waals surface area (Å²) in [6.07, 6.45) is 3.54. The van der Waals surface area contributed by atoms with Gasteiger partial charge in [0.05, 0.1) is 12.7 Å². The van der Waals surface area contributed by atoms with Crippen molar-refractivity contribution in [1.29, 1.82) is 0 Å². The van der Waals surface area contributed by atoms with Crippen LogP contribution in [0.1, 0.15) is 25.0 Å². The van der Waals surface area contributed by atoms with E-state index in [1.54, 1.807) is 18.2 Å². The van der Waals surface area contributed by atoms with Crippen LogP contribution in [0.15, 0.2) is 24.3 Å². The normalized spacial score (nSPS) is 22.1. The molecule has 1 unspecified atom stereocenters. The highest BCUT2D eigenvalue weighted by molar-refractivity contribution is 5.61. The highest BCUT2D eigenvalue weighted by Crippen LogP contribution is 2.25. The lowest BCUT2D eigenvalue weighted by molar-refractivity contribution is 0.0356. The zero-order valence-corrected chi connectivity index (χ0v) is 14.9. The van der Waals surface area contributed by atoms with E-state index in [4.69, 9.17) is 9.47 Å². The Labute approximate surface area is 152 Å². The Hall–Kier alpha value is -1.83. The minimum absolute atomic E-state index is 0.194. The lowest BCUT2D eigenvalue weighted by Crippen LogP contribution is -2.31. The zero-order valence-electron chi connectivity index (χ0n) is 14.9. The van der Waals surface area contributed by atoms with E-state index in [-0.39, 0.29) is 11.9 Å². The summed E-state index contributed by atoms with van der Waals surface area (Å²) in [5.74, 6) is 0.442. The van der Waals surface area contributed by atoms with Gasteiger partial charge in [0.25, 0.3) is 0 Å². The summed E-state index contributed by atoms with van der Waals surface area (Å²) < 4.78 is 25.5. The van der Waals surface area contributed by atoms with Gasteiger partial charge in [-0.3, -0.25) is 0 Å². The molecule has 2 aromatic rings. The molecular weight excluding hydrogens is 335 g/mol. The van der Waals surface area contributed by atoms with Crippen LogP contribution in [0.2, 0.25) is 0 Å². The number of hydrogen-bond acceptors (Lipinski definition) is 5. The molecule has 6 nitrogen and oxygen atoms in total. The SMILES string of the molecule is Fc1ccccc1-c1n[nH]nc1COC1CCN(CC2CCOCC2)C1. The molecule has 2 aliphatic rings. The van der Waals surface area contributed by atoms with Crippen molar-refractivity contribution in [2.75, 3.05) is 32.8 Å². The molecular formula is C19H25FN4O2. The van der Waals surface area contributed by atoms with Crippen LogP contribution < -0.4 is 0 Å². The Kier molecular flexibility index (Phi) is 5.57. The number of nitrogens with one attached hydrogen (secondary N) is 1. The van der Waals surface area contributed by atoms with Crippen LogP contribution in [0.5, 0.6) is 0 Å². The Balaban J connectivity index is 1.30. The zero-order chi connectivity index (χ0) is 17.8.